The van der Waals surface area contributed by atoms with Gasteiger partial charge in [0.25, 0.3) is 0 Å². The number of anilines is 1. The summed E-state index contributed by atoms with van der Waals surface area (Å²) in [4.78, 5) is 27.0. The lowest BCUT2D eigenvalue weighted by Crippen LogP contribution is -2.48. The summed E-state index contributed by atoms with van der Waals surface area (Å²) in [7, 11) is 7.01. The number of hydrogen-bond donors (Lipinski definition) is 2. The highest BCUT2D eigenvalue weighted by molar-refractivity contribution is 6.22. The molecule has 1 aromatic heterocycles. The van der Waals surface area contributed by atoms with Crippen LogP contribution in [0, 0.1) is 11.3 Å². The lowest BCUT2D eigenvalue weighted by atomic mass is 9.99. The maximum absolute atomic E-state index is 13.0. The molecular formula is C32H34N6O4. The molecule has 10 heteroatoms. The van der Waals surface area contributed by atoms with E-state index in [2.05, 4.69) is 27.9 Å². The number of nitrogens with one attached hydrogen (secondary N) is 1. The van der Waals surface area contributed by atoms with Crippen LogP contribution in [0.5, 0.6) is 17.4 Å². The lowest BCUT2D eigenvalue weighted by Gasteiger charge is -2.32. The SMILES string of the molecule is COc1ccc(C(=Nc2ccc(N(C)C(=O)CN3CCN(C)CC3)cc2)c2c(O)[nH]c3cc(C#N)ccc23)cc1OC. The van der Waals surface area contributed by atoms with Gasteiger partial charge in [-0.2, -0.15) is 5.26 Å². The average Bonchev–Trinajstić information content (AvgIpc) is 3.34. The molecule has 1 aliphatic heterocycles. The van der Waals surface area contributed by atoms with Gasteiger partial charge in [0.2, 0.25) is 5.91 Å². The van der Waals surface area contributed by atoms with Crippen molar-refractivity contribution < 1.29 is 19.4 Å². The molecule has 216 valence electrons. The number of methoxy groups -OCH3 is 2. The van der Waals surface area contributed by atoms with Gasteiger partial charge in [-0.15, -0.1) is 0 Å². The number of benzene rings is 3. The zero-order valence-electron chi connectivity index (χ0n) is 24.2. The number of ether oxygens (including phenoxy) is 2. The van der Waals surface area contributed by atoms with E-state index in [0.29, 0.717) is 57.0 Å². The molecule has 10 nitrogen and oxygen atoms in total. The predicted molar refractivity (Wildman–Crippen MR) is 163 cm³/mol. The van der Waals surface area contributed by atoms with Crippen LogP contribution in [0.2, 0.25) is 0 Å². The van der Waals surface area contributed by atoms with Crippen LogP contribution in [0.15, 0.2) is 65.7 Å². The van der Waals surface area contributed by atoms with Crippen molar-refractivity contribution in [3.63, 3.8) is 0 Å². The Balaban J connectivity index is 1.50. The van der Waals surface area contributed by atoms with Gasteiger partial charge in [0.05, 0.1) is 54.9 Å². The third-order valence-corrected chi connectivity index (χ3v) is 7.61. The van der Waals surface area contributed by atoms with Gasteiger partial charge in [0.1, 0.15) is 0 Å². The average molecular weight is 567 g/mol. The summed E-state index contributed by atoms with van der Waals surface area (Å²) in [5.74, 6) is 1.04. The summed E-state index contributed by atoms with van der Waals surface area (Å²) < 4.78 is 11.0. The Morgan fingerprint density at radius 2 is 1.74 bits per heavy atom. The Labute approximate surface area is 245 Å². The lowest BCUT2D eigenvalue weighted by molar-refractivity contribution is -0.119. The van der Waals surface area contributed by atoms with Crippen LogP contribution < -0.4 is 14.4 Å². The molecule has 0 atom stereocenters. The van der Waals surface area contributed by atoms with E-state index in [-0.39, 0.29) is 11.8 Å². The summed E-state index contributed by atoms with van der Waals surface area (Å²) in [6.45, 7) is 4.04. The number of nitrogens with zero attached hydrogens (tertiary/aromatic N) is 5. The molecule has 0 saturated carbocycles. The molecule has 4 aromatic rings. The number of piperazine rings is 1. The number of nitriles is 1. The molecule has 0 spiro atoms. The number of likely N-dealkylation sites (N-methyl/N-ethyl adjacent to an activating group) is 2. The van der Waals surface area contributed by atoms with E-state index in [4.69, 9.17) is 14.5 Å². The Morgan fingerprint density at radius 3 is 2.40 bits per heavy atom. The first-order valence-corrected chi connectivity index (χ1v) is 13.6. The fourth-order valence-corrected chi connectivity index (χ4v) is 5.07. The highest BCUT2D eigenvalue weighted by atomic mass is 16.5. The molecule has 42 heavy (non-hydrogen) atoms. The fourth-order valence-electron chi connectivity index (χ4n) is 5.07. The number of hydrogen-bond acceptors (Lipinski definition) is 8. The number of aliphatic imine (C=N–C) groups is 1. The van der Waals surface area contributed by atoms with Gasteiger partial charge < -0.3 is 29.4 Å². The third kappa shape index (κ3) is 5.93. The summed E-state index contributed by atoms with van der Waals surface area (Å²) in [5, 5.41) is 21.1. The van der Waals surface area contributed by atoms with Crippen molar-refractivity contribution in [2.24, 2.45) is 4.99 Å². The summed E-state index contributed by atoms with van der Waals surface area (Å²) in [5.41, 5.74) is 4.16. The van der Waals surface area contributed by atoms with Crippen LogP contribution >= 0.6 is 0 Å². The van der Waals surface area contributed by atoms with Crippen molar-refractivity contribution in [2.45, 2.75) is 0 Å². The number of fused-ring (bicyclic) bond motifs is 1. The number of rotatable bonds is 8. The molecule has 1 aliphatic rings. The van der Waals surface area contributed by atoms with Gasteiger partial charge in [-0.1, -0.05) is 6.07 Å². The van der Waals surface area contributed by atoms with Crippen molar-refractivity contribution in [2.75, 3.05) is 65.9 Å². The van der Waals surface area contributed by atoms with Crippen molar-refractivity contribution in [1.29, 1.82) is 5.26 Å². The van der Waals surface area contributed by atoms with Gasteiger partial charge in [0.15, 0.2) is 17.4 Å². The molecule has 1 fully saturated rings. The van der Waals surface area contributed by atoms with E-state index in [1.165, 1.54) is 0 Å². The first-order valence-electron chi connectivity index (χ1n) is 13.6. The number of aromatic nitrogens is 1. The minimum atomic E-state index is -0.0699. The van der Waals surface area contributed by atoms with E-state index in [9.17, 15) is 15.2 Å². The molecule has 1 saturated heterocycles. The van der Waals surface area contributed by atoms with E-state index in [0.717, 1.165) is 31.9 Å². The Bertz CT molecular complexity index is 1660. The van der Waals surface area contributed by atoms with Crippen molar-refractivity contribution in [1.82, 2.24) is 14.8 Å². The second-order valence-corrected chi connectivity index (χ2v) is 10.3. The first kappa shape index (κ1) is 28.7. The zero-order valence-corrected chi connectivity index (χ0v) is 24.2. The summed E-state index contributed by atoms with van der Waals surface area (Å²) in [6, 6.07) is 20.2. The molecule has 1 amide bonds. The first-order chi connectivity index (χ1) is 20.3. The number of amides is 1. The van der Waals surface area contributed by atoms with Crippen molar-refractivity contribution in [3.05, 3.63) is 77.4 Å². The second-order valence-electron chi connectivity index (χ2n) is 10.3. The standard InChI is InChI=1S/C32H34N6O4/c1-36-13-15-38(16-14-36)20-29(39)37(2)24-9-7-23(8-10-24)34-31(22-6-12-27(41-3)28(18-22)42-4)30-25-11-5-21(19-33)17-26(25)35-32(30)40/h5-12,17-18,35,40H,13-16,20H2,1-4H3. The molecule has 0 bridgehead atoms. The molecular weight excluding hydrogens is 532 g/mol. The normalized spacial score (nSPS) is 14.5. The molecule has 2 heterocycles. The molecule has 0 radical (unpaired) electrons. The van der Waals surface area contributed by atoms with Crippen molar-refractivity contribution in [3.8, 4) is 23.4 Å². The smallest absolute Gasteiger partial charge is 0.240 e. The minimum Gasteiger partial charge on any atom is -0.494 e. The molecule has 0 unspecified atom stereocenters. The second kappa shape index (κ2) is 12.3. The van der Waals surface area contributed by atoms with Crippen LogP contribution in [0.4, 0.5) is 11.4 Å². The van der Waals surface area contributed by atoms with Crippen LogP contribution in [-0.2, 0) is 4.79 Å². The van der Waals surface area contributed by atoms with Gasteiger partial charge in [-0.05, 0) is 61.6 Å². The van der Waals surface area contributed by atoms with E-state index < -0.39 is 0 Å². The largest absolute Gasteiger partial charge is 0.494 e. The van der Waals surface area contributed by atoms with E-state index in [1.54, 1.807) is 56.5 Å². The van der Waals surface area contributed by atoms with Crippen LogP contribution in [0.25, 0.3) is 10.9 Å². The van der Waals surface area contributed by atoms with E-state index in [1.807, 2.05) is 30.3 Å². The minimum absolute atomic E-state index is 0.0299. The van der Waals surface area contributed by atoms with Crippen LogP contribution in [0.3, 0.4) is 0 Å². The number of carbonyl (C=O) groups is 1. The quantitative estimate of drug-likeness (QED) is 0.308. The zero-order chi connectivity index (χ0) is 29.8. The molecule has 5 rings (SSSR count). The monoisotopic (exact) mass is 566 g/mol. The topological polar surface area (TPSA) is 117 Å². The number of H-pyrrole nitrogens is 1. The molecule has 3 aromatic carbocycles. The molecule has 0 aliphatic carbocycles. The third-order valence-electron chi connectivity index (χ3n) is 7.61. The van der Waals surface area contributed by atoms with Gasteiger partial charge in [0, 0.05) is 49.9 Å². The highest BCUT2D eigenvalue weighted by Crippen LogP contribution is 2.35. The number of aromatic hydroxyl groups is 1. The van der Waals surface area contributed by atoms with Crippen LogP contribution in [-0.4, -0.2) is 92.5 Å². The number of aromatic amines is 1. The maximum atomic E-state index is 13.0. The van der Waals surface area contributed by atoms with Gasteiger partial charge in [-0.3, -0.25) is 9.69 Å². The molecule has 2 N–H and O–H groups in total. The van der Waals surface area contributed by atoms with Gasteiger partial charge in [-0.25, -0.2) is 4.99 Å². The maximum Gasteiger partial charge on any atom is 0.240 e. The summed E-state index contributed by atoms with van der Waals surface area (Å²) >= 11 is 0. The number of carbonyl (C=O) groups excluding carboxylic acids is 1. The predicted octanol–water partition coefficient (Wildman–Crippen LogP) is 4.14. The Kier molecular flexibility index (Phi) is 8.43. The summed E-state index contributed by atoms with van der Waals surface area (Å²) in [6.07, 6.45) is 0. The van der Waals surface area contributed by atoms with Crippen LogP contribution in [0.1, 0.15) is 16.7 Å². The highest BCUT2D eigenvalue weighted by Gasteiger charge is 2.22. The fraction of sp³-hybridized carbons (Fsp3) is 0.281. The van der Waals surface area contributed by atoms with Crippen molar-refractivity contribution >= 4 is 33.9 Å². The Morgan fingerprint density at radius 1 is 1.02 bits per heavy atom. The van der Waals surface area contributed by atoms with E-state index >= 15 is 0 Å². The van der Waals surface area contributed by atoms with Gasteiger partial charge >= 0.3 is 0 Å². The Hall–Kier alpha value is -4.85.